The monoisotopic (exact) mass is 230 g/mol. The molecule has 1 N–H and O–H groups in total. The summed E-state index contributed by atoms with van der Waals surface area (Å²) in [6.45, 7) is 4.14. The second-order valence-electron chi connectivity index (χ2n) is 3.94. The minimum absolute atomic E-state index is 0.821. The largest absolute Gasteiger partial charge is 0.441 e. The van der Waals surface area contributed by atoms with Crippen LogP contribution in [0.3, 0.4) is 0 Å². The molecule has 1 aromatic heterocycles. The number of hydrogen-bond donors (Lipinski definition) is 1. The van der Waals surface area contributed by atoms with E-state index < -0.39 is 0 Å². The molecule has 0 radical (unpaired) electrons. The van der Waals surface area contributed by atoms with Gasteiger partial charge in [0.15, 0.2) is 11.7 Å². The number of oxazole rings is 1. The first-order chi connectivity index (χ1) is 8.40. The third kappa shape index (κ3) is 3.43. The van der Waals surface area contributed by atoms with Crippen LogP contribution in [0.5, 0.6) is 0 Å². The molecule has 90 valence electrons. The molecular weight excluding hydrogens is 212 g/mol. The summed E-state index contributed by atoms with van der Waals surface area (Å²) in [4.78, 5) is 4.30. The minimum Gasteiger partial charge on any atom is -0.441 e. The number of hydrogen-bond acceptors (Lipinski definition) is 3. The van der Waals surface area contributed by atoms with E-state index in [2.05, 4.69) is 17.2 Å². The zero-order valence-corrected chi connectivity index (χ0v) is 10.1. The number of nitrogens with zero attached hydrogens (tertiary/aromatic N) is 1. The number of aryl methyl sites for hydroxylation is 1. The second kappa shape index (κ2) is 6.21. The lowest BCUT2D eigenvalue weighted by molar-refractivity contribution is 0.493. The normalized spacial score (nSPS) is 10.6. The molecule has 0 unspecified atom stereocenters. The van der Waals surface area contributed by atoms with Crippen LogP contribution in [0.1, 0.15) is 19.2 Å². The molecule has 17 heavy (non-hydrogen) atoms. The fraction of sp³-hybridized carbons (Fsp3) is 0.357. The molecule has 0 saturated heterocycles. The Morgan fingerprint density at radius 3 is 2.82 bits per heavy atom. The standard InChI is InChI=1S/C14H18N2O/c1-2-15-10-6-9-14-16-11-13(17-14)12-7-4-3-5-8-12/h3-5,7-8,11,15H,2,6,9-10H2,1H3. The molecule has 0 atom stereocenters. The first kappa shape index (κ1) is 11.9. The van der Waals surface area contributed by atoms with Crippen molar-refractivity contribution in [2.75, 3.05) is 13.1 Å². The Hall–Kier alpha value is -1.61. The van der Waals surface area contributed by atoms with Gasteiger partial charge < -0.3 is 9.73 Å². The van der Waals surface area contributed by atoms with Crippen molar-refractivity contribution in [3.63, 3.8) is 0 Å². The van der Waals surface area contributed by atoms with Gasteiger partial charge in [0.1, 0.15) is 0 Å². The summed E-state index contributed by atoms with van der Waals surface area (Å²) in [6.07, 6.45) is 3.75. The highest BCUT2D eigenvalue weighted by molar-refractivity contribution is 5.55. The summed E-state index contributed by atoms with van der Waals surface area (Å²) in [5.74, 6) is 1.67. The van der Waals surface area contributed by atoms with Crippen LogP contribution in [0.25, 0.3) is 11.3 Å². The lowest BCUT2D eigenvalue weighted by Crippen LogP contribution is -2.14. The smallest absolute Gasteiger partial charge is 0.194 e. The van der Waals surface area contributed by atoms with Gasteiger partial charge in [-0.1, -0.05) is 37.3 Å². The second-order valence-corrected chi connectivity index (χ2v) is 3.94. The molecule has 1 aromatic carbocycles. The molecule has 0 bridgehead atoms. The van der Waals surface area contributed by atoms with E-state index in [1.54, 1.807) is 6.20 Å². The van der Waals surface area contributed by atoms with E-state index in [9.17, 15) is 0 Å². The zero-order valence-electron chi connectivity index (χ0n) is 10.1. The van der Waals surface area contributed by atoms with Crippen molar-refractivity contribution in [3.8, 4) is 11.3 Å². The van der Waals surface area contributed by atoms with Gasteiger partial charge in [-0.3, -0.25) is 0 Å². The molecule has 0 spiro atoms. The highest BCUT2D eigenvalue weighted by Gasteiger charge is 2.05. The molecule has 3 nitrogen and oxygen atoms in total. The molecule has 2 rings (SSSR count). The fourth-order valence-electron chi connectivity index (χ4n) is 1.70. The highest BCUT2D eigenvalue weighted by atomic mass is 16.4. The van der Waals surface area contributed by atoms with Crippen LogP contribution in [0.15, 0.2) is 40.9 Å². The Bertz CT molecular complexity index is 436. The van der Waals surface area contributed by atoms with Crippen LogP contribution in [-0.4, -0.2) is 18.1 Å². The van der Waals surface area contributed by atoms with Crippen molar-refractivity contribution in [2.24, 2.45) is 0 Å². The number of aromatic nitrogens is 1. The van der Waals surface area contributed by atoms with Crippen LogP contribution in [-0.2, 0) is 6.42 Å². The number of rotatable bonds is 6. The van der Waals surface area contributed by atoms with Crippen molar-refractivity contribution in [1.29, 1.82) is 0 Å². The topological polar surface area (TPSA) is 38.1 Å². The Labute approximate surface area is 102 Å². The third-order valence-electron chi connectivity index (χ3n) is 2.61. The van der Waals surface area contributed by atoms with E-state index in [0.29, 0.717) is 0 Å². The molecule has 0 saturated carbocycles. The van der Waals surface area contributed by atoms with Crippen LogP contribution >= 0.6 is 0 Å². The average Bonchev–Trinajstić information content (AvgIpc) is 2.85. The number of benzene rings is 1. The highest BCUT2D eigenvalue weighted by Crippen LogP contribution is 2.20. The van der Waals surface area contributed by atoms with Crippen molar-refractivity contribution < 1.29 is 4.42 Å². The molecule has 0 aliphatic heterocycles. The quantitative estimate of drug-likeness (QED) is 0.775. The van der Waals surface area contributed by atoms with E-state index in [1.807, 2.05) is 30.3 Å². The number of nitrogens with one attached hydrogen (secondary N) is 1. The molecule has 0 aliphatic carbocycles. The Balaban J connectivity index is 1.92. The summed E-state index contributed by atoms with van der Waals surface area (Å²) in [6, 6.07) is 10.1. The summed E-state index contributed by atoms with van der Waals surface area (Å²) in [5.41, 5.74) is 1.08. The first-order valence-corrected chi connectivity index (χ1v) is 6.11. The van der Waals surface area contributed by atoms with E-state index in [0.717, 1.165) is 43.1 Å². The molecule has 3 heteroatoms. The van der Waals surface area contributed by atoms with Crippen LogP contribution in [0.2, 0.25) is 0 Å². The molecule has 2 aromatic rings. The maximum absolute atomic E-state index is 5.71. The predicted octanol–water partition coefficient (Wildman–Crippen LogP) is 2.88. The fourth-order valence-corrected chi connectivity index (χ4v) is 1.70. The van der Waals surface area contributed by atoms with Crippen LogP contribution in [0, 0.1) is 0 Å². The zero-order chi connectivity index (χ0) is 11.9. The van der Waals surface area contributed by atoms with Crippen LogP contribution < -0.4 is 5.32 Å². The maximum Gasteiger partial charge on any atom is 0.194 e. The van der Waals surface area contributed by atoms with Gasteiger partial charge in [0.2, 0.25) is 0 Å². The SMILES string of the molecule is CCNCCCc1ncc(-c2ccccc2)o1. The van der Waals surface area contributed by atoms with Gasteiger partial charge in [-0.05, 0) is 19.5 Å². The van der Waals surface area contributed by atoms with Gasteiger partial charge in [0.25, 0.3) is 0 Å². The lowest BCUT2D eigenvalue weighted by atomic mass is 10.2. The Morgan fingerprint density at radius 1 is 1.24 bits per heavy atom. The van der Waals surface area contributed by atoms with Gasteiger partial charge in [-0.2, -0.15) is 0 Å². The average molecular weight is 230 g/mol. The van der Waals surface area contributed by atoms with Crippen LogP contribution in [0.4, 0.5) is 0 Å². The van der Waals surface area contributed by atoms with Gasteiger partial charge in [0, 0.05) is 12.0 Å². The van der Waals surface area contributed by atoms with E-state index in [4.69, 9.17) is 4.42 Å². The summed E-state index contributed by atoms with van der Waals surface area (Å²) in [5, 5.41) is 3.29. The van der Waals surface area contributed by atoms with E-state index in [1.165, 1.54) is 0 Å². The molecule has 1 heterocycles. The maximum atomic E-state index is 5.71. The van der Waals surface area contributed by atoms with Crippen molar-refractivity contribution in [1.82, 2.24) is 10.3 Å². The van der Waals surface area contributed by atoms with Gasteiger partial charge in [-0.25, -0.2) is 4.98 Å². The Morgan fingerprint density at radius 2 is 2.06 bits per heavy atom. The van der Waals surface area contributed by atoms with Crippen molar-refractivity contribution >= 4 is 0 Å². The third-order valence-corrected chi connectivity index (χ3v) is 2.61. The molecular formula is C14H18N2O. The minimum atomic E-state index is 0.821. The van der Waals surface area contributed by atoms with Crippen molar-refractivity contribution in [3.05, 3.63) is 42.4 Å². The van der Waals surface area contributed by atoms with E-state index >= 15 is 0 Å². The molecule has 0 fully saturated rings. The molecule has 0 amide bonds. The lowest BCUT2D eigenvalue weighted by Gasteiger charge is -1.98. The van der Waals surface area contributed by atoms with Gasteiger partial charge >= 0.3 is 0 Å². The molecule has 0 aliphatic rings. The van der Waals surface area contributed by atoms with Crippen molar-refractivity contribution in [2.45, 2.75) is 19.8 Å². The summed E-state index contributed by atoms with van der Waals surface area (Å²) >= 11 is 0. The first-order valence-electron chi connectivity index (χ1n) is 6.11. The summed E-state index contributed by atoms with van der Waals surface area (Å²) in [7, 11) is 0. The predicted molar refractivity (Wildman–Crippen MR) is 68.8 cm³/mol. The van der Waals surface area contributed by atoms with Gasteiger partial charge in [0.05, 0.1) is 6.20 Å². The van der Waals surface area contributed by atoms with E-state index in [-0.39, 0.29) is 0 Å². The Kier molecular flexibility index (Phi) is 4.33. The summed E-state index contributed by atoms with van der Waals surface area (Å²) < 4.78 is 5.71. The van der Waals surface area contributed by atoms with Gasteiger partial charge in [-0.15, -0.1) is 0 Å².